The molecule has 0 amide bonds. The van der Waals surface area contributed by atoms with Gasteiger partial charge in [-0.2, -0.15) is 5.10 Å². The number of nitrogens with zero attached hydrogens (tertiary/aromatic N) is 4. The minimum absolute atomic E-state index is 0.0974. The van der Waals surface area contributed by atoms with E-state index in [0.717, 1.165) is 29.5 Å². The predicted molar refractivity (Wildman–Crippen MR) is 67.8 cm³/mol. The highest BCUT2D eigenvalue weighted by Crippen LogP contribution is 2.17. The maximum absolute atomic E-state index is 6.13. The van der Waals surface area contributed by atoms with E-state index in [2.05, 4.69) is 22.0 Å². The van der Waals surface area contributed by atoms with E-state index < -0.39 is 0 Å². The standard InChI is InChI=1S/C11H17N5S/c1-3-4-16-11(13-7-14-16)5-9(12)10-6-17-8(2)15-10/h6-7,9H,3-5,12H2,1-2H3. The fourth-order valence-corrected chi connectivity index (χ4v) is 2.37. The van der Waals surface area contributed by atoms with E-state index >= 15 is 0 Å². The van der Waals surface area contributed by atoms with Crippen molar-refractivity contribution >= 4 is 11.3 Å². The monoisotopic (exact) mass is 251 g/mol. The first-order valence-corrected chi connectivity index (χ1v) is 6.63. The highest BCUT2D eigenvalue weighted by Gasteiger charge is 2.14. The molecule has 17 heavy (non-hydrogen) atoms. The topological polar surface area (TPSA) is 69.6 Å². The molecule has 2 aromatic rings. The van der Waals surface area contributed by atoms with Gasteiger partial charge in [0.25, 0.3) is 0 Å². The maximum Gasteiger partial charge on any atom is 0.138 e. The number of nitrogens with two attached hydrogens (primary N) is 1. The van der Waals surface area contributed by atoms with Gasteiger partial charge in [0.1, 0.15) is 12.2 Å². The van der Waals surface area contributed by atoms with Crippen LogP contribution >= 0.6 is 11.3 Å². The first kappa shape index (κ1) is 12.2. The minimum atomic E-state index is -0.0974. The number of thiazole rings is 1. The van der Waals surface area contributed by atoms with Crippen molar-refractivity contribution in [2.45, 2.75) is 39.3 Å². The van der Waals surface area contributed by atoms with Gasteiger partial charge in [-0.25, -0.2) is 9.97 Å². The van der Waals surface area contributed by atoms with Crippen LogP contribution in [0.25, 0.3) is 0 Å². The van der Waals surface area contributed by atoms with Crippen LogP contribution in [0.3, 0.4) is 0 Å². The van der Waals surface area contributed by atoms with Crippen molar-refractivity contribution < 1.29 is 0 Å². The molecular weight excluding hydrogens is 234 g/mol. The zero-order valence-corrected chi connectivity index (χ0v) is 10.9. The van der Waals surface area contributed by atoms with Gasteiger partial charge in [0.15, 0.2) is 0 Å². The van der Waals surface area contributed by atoms with Crippen LogP contribution in [0.1, 0.15) is 35.9 Å². The Labute approximate surface area is 105 Å². The minimum Gasteiger partial charge on any atom is -0.322 e. The average molecular weight is 251 g/mol. The number of aryl methyl sites for hydroxylation is 2. The summed E-state index contributed by atoms with van der Waals surface area (Å²) in [6.45, 7) is 4.99. The molecule has 0 spiro atoms. The van der Waals surface area contributed by atoms with E-state index in [1.807, 2.05) is 17.0 Å². The predicted octanol–water partition coefficient (Wildman–Crippen LogP) is 1.70. The average Bonchev–Trinajstić information content (AvgIpc) is 2.89. The summed E-state index contributed by atoms with van der Waals surface area (Å²) in [5, 5.41) is 7.25. The lowest BCUT2D eigenvalue weighted by Crippen LogP contribution is -2.17. The lowest BCUT2D eigenvalue weighted by atomic mass is 10.1. The number of hydrogen-bond acceptors (Lipinski definition) is 5. The maximum atomic E-state index is 6.13. The fourth-order valence-electron chi connectivity index (χ4n) is 1.70. The second-order valence-electron chi connectivity index (χ2n) is 4.00. The Morgan fingerprint density at radius 3 is 3.00 bits per heavy atom. The van der Waals surface area contributed by atoms with Crippen LogP contribution in [0.2, 0.25) is 0 Å². The van der Waals surface area contributed by atoms with E-state index in [1.165, 1.54) is 0 Å². The summed E-state index contributed by atoms with van der Waals surface area (Å²) >= 11 is 1.63. The van der Waals surface area contributed by atoms with E-state index in [9.17, 15) is 0 Å². The van der Waals surface area contributed by atoms with Crippen molar-refractivity contribution in [3.8, 4) is 0 Å². The SMILES string of the molecule is CCCn1ncnc1CC(N)c1csc(C)n1. The van der Waals surface area contributed by atoms with Gasteiger partial charge in [-0.1, -0.05) is 6.92 Å². The van der Waals surface area contributed by atoms with E-state index in [4.69, 9.17) is 5.73 Å². The second kappa shape index (κ2) is 5.37. The Bertz CT molecular complexity index is 476. The number of aromatic nitrogens is 4. The molecule has 2 N–H and O–H groups in total. The molecule has 1 atom stereocenters. The summed E-state index contributed by atoms with van der Waals surface area (Å²) in [6, 6.07) is -0.0974. The van der Waals surface area contributed by atoms with Crippen LogP contribution in [-0.4, -0.2) is 19.7 Å². The largest absolute Gasteiger partial charge is 0.322 e. The molecule has 0 aliphatic heterocycles. The van der Waals surface area contributed by atoms with Crippen molar-refractivity contribution in [2.75, 3.05) is 0 Å². The molecule has 0 aromatic carbocycles. The van der Waals surface area contributed by atoms with Crippen molar-refractivity contribution in [2.24, 2.45) is 5.73 Å². The Morgan fingerprint density at radius 1 is 1.53 bits per heavy atom. The third-order valence-electron chi connectivity index (χ3n) is 2.55. The van der Waals surface area contributed by atoms with Crippen molar-refractivity contribution in [1.29, 1.82) is 0 Å². The summed E-state index contributed by atoms with van der Waals surface area (Å²) in [4.78, 5) is 8.66. The van der Waals surface area contributed by atoms with Gasteiger partial charge in [-0.3, -0.25) is 4.68 Å². The Balaban J connectivity index is 2.07. The summed E-state index contributed by atoms with van der Waals surface area (Å²) in [6.07, 6.45) is 3.31. The summed E-state index contributed by atoms with van der Waals surface area (Å²) in [5.74, 6) is 0.935. The van der Waals surface area contributed by atoms with Crippen molar-refractivity contribution in [1.82, 2.24) is 19.7 Å². The highest BCUT2D eigenvalue weighted by atomic mass is 32.1. The molecule has 2 heterocycles. The van der Waals surface area contributed by atoms with Gasteiger partial charge in [-0.05, 0) is 13.3 Å². The second-order valence-corrected chi connectivity index (χ2v) is 5.06. The highest BCUT2D eigenvalue weighted by molar-refractivity contribution is 7.09. The van der Waals surface area contributed by atoms with Gasteiger partial charge in [0.05, 0.1) is 16.7 Å². The van der Waals surface area contributed by atoms with Crippen LogP contribution in [0.4, 0.5) is 0 Å². The molecule has 2 aromatic heterocycles. The zero-order chi connectivity index (χ0) is 12.3. The van der Waals surface area contributed by atoms with Crippen LogP contribution in [0.15, 0.2) is 11.7 Å². The first-order valence-electron chi connectivity index (χ1n) is 5.75. The molecule has 2 rings (SSSR count). The normalized spacial score (nSPS) is 12.9. The molecule has 0 aliphatic carbocycles. The third-order valence-corrected chi connectivity index (χ3v) is 3.34. The molecule has 6 heteroatoms. The summed E-state index contributed by atoms with van der Waals surface area (Å²) in [7, 11) is 0. The molecule has 5 nitrogen and oxygen atoms in total. The van der Waals surface area contributed by atoms with Crippen LogP contribution in [0, 0.1) is 6.92 Å². The molecule has 1 unspecified atom stereocenters. The molecule has 0 saturated carbocycles. The molecule has 0 radical (unpaired) electrons. The first-order chi connectivity index (χ1) is 8.20. The third kappa shape index (κ3) is 2.89. The van der Waals surface area contributed by atoms with Crippen LogP contribution < -0.4 is 5.73 Å². The smallest absolute Gasteiger partial charge is 0.138 e. The number of hydrogen-bond donors (Lipinski definition) is 1. The molecule has 0 fully saturated rings. The van der Waals surface area contributed by atoms with Crippen molar-refractivity contribution in [3.63, 3.8) is 0 Å². The summed E-state index contributed by atoms with van der Waals surface area (Å²) in [5.41, 5.74) is 7.07. The van der Waals surface area contributed by atoms with Gasteiger partial charge >= 0.3 is 0 Å². The summed E-state index contributed by atoms with van der Waals surface area (Å²) < 4.78 is 1.92. The van der Waals surface area contributed by atoms with Gasteiger partial charge in [0, 0.05) is 18.3 Å². The fraction of sp³-hybridized carbons (Fsp3) is 0.545. The Hall–Kier alpha value is -1.27. The number of rotatable bonds is 5. The van der Waals surface area contributed by atoms with Gasteiger partial charge in [-0.15, -0.1) is 11.3 Å². The molecular formula is C11H17N5S. The lowest BCUT2D eigenvalue weighted by molar-refractivity contribution is 0.545. The van der Waals surface area contributed by atoms with E-state index in [-0.39, 0.29) is 6.04 Å². The van der Waals surface area contributed by atoms with Crippen LogP contribution in [0.5, 0.6) is 0 Å². The van der Waals surface area contributed by atoms with Crippen LogP contribution in [-0.2, 0) is 13.0 Å². The van der Waals surface area contributed by atoms with E-state index in [0.29, 0.717) is 6.42 Å². The van der Waals surface area contributed by atoms with E-state index in [1.54, 1.807) is 17.7 Å². The van der Waals surface area contributed by atoms with Gasteiger partial charge < -0.3 is 5.73 Å². The lowest BCUT2D eigenvalue weighted by Gasteiger charge is -2.09. The van der Waals surface area contributed by atoms with Gasteiger partial charge in [0.2, 0.25) is 0 Å². The van der Waals surface area contributed by atoms with Crippen molar-refractivity contribution in [3.05, 3.63) is 28.2 Å². The zero-order valence-electron chi connectivity index (χ0n) is 10.1. The quantitative estimate of drug-likeness (QED) is 0.878. The molecule has 0 bridgehead atoms. The Kier molecular flexibility index (Phi) is 3.86. The molecule has 0 saturated heterocycles. The molecule has 92 valence electrons. The molecule has 0 aliphatic rings. The Morgan fingerprint density at radius 2 is 2.35 bits per heavy atom.